The predicted molar refractivity (Wildman–Crippen MR) is 78.8 cm³/mol. The summed E-state index contributed by atoms with van der Waals surface area (Å²) in [4.78, 5) is 12.3. The highest BCUT2D eigenvalue weighted by molar-refractivity contribution is 6.06. The molecule has 3 rings (SSSR count). The van der Waals surface area contributed by atoms with Crippen molar-refractivity contribution in [1.82, 2.24) is 9.78 Å². The molecular weight excluding hydrogens is 252 g/mol. The van der Waals surface area contributed by atoms with Gasteiger partial charge in [0.25, 0.3) is 5.91 Å². The van der Waals surface area contributed by atoms with Gasteiger partial charge >= 0.3 is 0 Å². The summed E-state index contributed by atoms with van der Waals surface area (Å²) in [5.74, 6) is -0.219. The molecule has 0 radical (unpaired) electrons. The molecule has 1 aliphatic rings. The van der Waals surface area contributed by atoms with Gasteiger partial charge in [-0.15, -0.1) is 0 Å². The smallest absolute Gasteiger partial charge is 0.276 e. The number of aromatic nitrogens is 2. The van der Waals surface area contributed by atoms with Crippen LogP contribution in [0, 0.1) is 6.92 Å². The van der Waals surface area contributed by atoms with Gasteiger partial charge in [-0.2, -0.15) is 5.10 Å². The minimum absolute atomic E-state index is 0.219. The number of nitrogens with two attached hydrogens (primary N) is 1. The Kier molecular flexibility index (Phi) is 2.97. The van der Waals surface area contributed by atoms with Crippen LogP contribution in [-0.2, 0) is 19.9 Å². The van der Waals surface area contributed by atoms with Crippen molar-refractivity contribution in [2.24, 2.45) is 7.05 Å². The molecular formula is C15H18N4O. The van der Waals surface area contributed by atoms with Gasteiger partial charge in [0.15, 0.2) is 0 Å². The third-order valence-electron chi connectivity index (χ3n) is 3.84. The normalized spacial score (nSPS) is 13.3. The van der Waals surface area contributed by atoms with E-state index in [4.69, 9.17) is 5.73 Å². The number of amides is 1. The molecule has 0 unspecified atom stereocenters. The van der Waals surface area contributed by atoms with Crippen LogP contribution in [0.15, 0.2) is 18.2 Å². The molecule has 0 saturated carbocycles. The maximum Gasteiger partial charge on any atom is 0.276 e. The van der Waals surface area contributed by atoms with Gasteiger partial charge in [-0.3, -0.25) is 9.48 Å². The van der Waals surface area contributed by atoms with Crippen molar-refractivity contribution >= 4 is 17.3 Å². The van der Waals surface area contributed by atoms with Crippen LogP contribution in [0.1, 0.15) is 33.7 Å². The number of nitrogens with one attached hydrogen (secondary N) is 1. The first-order valence-corrected chi connectivity index (χ1v) is 6.78. The maximum atomic E-state index is 12.3. The van der Waals surface area contributed by atoms with Crippen molar-refractivity contribution < 1.29 is 4.79 Å². The van der Waals surface area contributed by atoms with Gasteiger partial charge in [0.05, 0.1) is 11.4 Å². The molecule has 1 aromatic carbocycles. The van der Waals surface area contributed by atoms with Crippen LogP contribution in [-0.4, -0.2) is 15.7 Å². The van der Waals surface area contributed by atoms with Crippen molar-refractivity contribution in [1.29, 1.82) is 0 Å². The van der Waals surface area contributed by atoms with Gasteiger partial charge in [-0.25, -0.2) is 0 Å². The van der Waals surface area contributed by atoms with E-state index in [1.54, 1.807) is 14.0 Å². The highest BCUT2D eigenvalue weighted by Gasteiger charge is 2.18. The number of fused-ring (bicyclic) bond motifs is 1. The summed E-state index contributed by atoms with van der Waals surface area (Å²) < 4.78 is 1.52. The van der Waals surface area contributed by atoms with Crippen LogP contribution in [0.2, 0.25) is 0 Å². The Morgan fingerprint density at radius 3 is 2.80 bits per heavy atom. The summed E-state index contributed by atoms with van der Waals surface area (Å²) in [5, 5.41) is 7.07. The number of nitrogen functional groups attached to an aromatic ring is 1. The molecule has 104 valence electrons. The Labute approximate surface area is 117 Å². The summed E-state index contributed by atoms with van der Waals surface area (Å²) in [6, 6.07) is 6.09. The first-order valence-electron chi connectivity index (χ1n) is 6.78. The number of rotatable bonds is 2. The molecule has 1 aliphatic carbocycles. The lowest BCUT2D eigenvalue weighted by molar-refractivity contribution is 0.101. The molecule has 0 bridgehead atoms. The van der Waals surface area contributed by atoms with Crippen LogP contribution >= 0.6 is 0 Å². The van der Waals surface area contributed by atoms with Gasteiger partial charge in [0.2, 0.25) is 0 Å². The van der Waals surface area contributed by atoms with E-state index in [2.05, 4.69) is 22.5 Å². The van der Waals surface area contributed by atoms with E-state index in [0.717, 1.165) is 18.5 Å². The van der Waals surface area contributed by atoms with E-state index in [-0.39, 0.29) is 5.91 Å². The van der Waals surface area contributed by atoms with E-state index >= 15 is 0 Å². The molecule has 1 heterocycles. The Bertz CT molecular complexity index is 687. The summed E-state index contributed by atoms with van der Waals surface area (Å²) in [7, 11) is 1.72. The van der Waals surface area contributed by atoms with E-state index in [9.17, 15) is 4.79 Å². The predicted octanol–water partition coefficient (Wildman–Crippen LogP) is 2.05. The Morgan fingerprint density at radius 2 is 2.10 bits per heavy atom. The molecule has 5 nitrogen and oxygen atoms in total. The second kappa shape index (κ2) is 4.67. The quantitative estimate of drug-likeness (QED) is 0.877. The zero-order valence-corrected chi connectivity index (χ0v) is 11.7. The zero-order chi connectivity index (χ0) is 14.3. The maximum absolute atomic E-state index is 12.3. The summed E-state index contributed by atoms with van der Waals surface area (Å²) in [6.07, 6.45) is 3.42. The fraction of sp³-hybridized carbons (Fsp3) is 0.333. The first-order chi connectivity index (χ1) is 9.56. The molecule has 20 heavy (non-hydrogen) atoms. The van der Waals surface area contributed by atoms with Crippen LogP contribution in [0.25, 0.3) is 0 Å². The average molecular weight is 270 g/mol. The van der Waals surface area contributed by atoms with Crippen LogP contribution in [0.5, 0.6) is 0 Å². The van der Waals surface area contributed by atoms with E-state index in [1.807, 2.05) is 6.07 Å². The molecule has 0 saturated heterocycles. The summed E-state index contributed by atoms with van der Waals surface area (Å²) >= 11 is 0. The second-order valence-electron chi connectivity index (χ2n) is 5.26. The van der Waals surface area contributed by atoms with Crippen molar-refractivity contribution in [2.75, 3.05) is 11.1 Å². The van der Waals surface area contributed by atoms with Crippen LogP contribution in [0.3, 0.4) is 0 Å². The van der Waals surface area contributed by atoms with E-state index in [0.29, 0.717) is 17.1 Å². The molecule has 3 N–H and O–H groups in total. The minimum Gasteiger partial charge on any atom is -0.395 e. The van der Waals surface area contributed by atoms with E-state index in [1.165, 1.54) is 22.2 Å². The molecule has 0 fully saturated rings. The first kappa shape index (κ1) is 12.7. The topological polar surface area (TPSA) is 72.9 Å². The van der Waals surface area contributed by atoms with Crippen LogP contribution in [0.4, 0.5) is 11.4 Å². The monoisotopic (exact) mass is 270 g/mol. The standard InChI is InChI=1S/C15H18N4O/c1-9-13(16)14(19(2)18-9)15(20)17-12-7-6-10-4-3-5-11(10)8-12/h6-8H,3-5,16H2,1-2H3,(H,17,20). The third kappa shape index (κ3) is 2.05. The Hall–Kier alpha value is -2.30. The number of hydrogen-bond donors (Lipinski definition) is 2. The summed E-state index contributed by atoms with van der Waals surface area (Å²) in [6.45, 7) is 1.79. The number of nitrogens with zero attached hydrogens (tertiary/aromatic N) is 2. The summed E-state index contributed by atoms with van der Waals surface area (Å²) in [5.41, 5.74) is 11.0. The fourth-order valence-electron chi connectivity index (χ4n) is 2.78. The molecule has 0 spiro atoms. The SMILES string of the molecule is Cc1nn(C)c(C(=O)Nc2ccc3c(c2)CCC3)c1N. The highest BCUT2D eigenvalue weighted by atomic mass is 16.2. The van der Waals surface area contributed by atoms with Crippen molar-refractivity contribution in [3.8, 4) is 0 Å². The Balaban J connectivity index is 1.86. The number of carbonyl (C=O) groups is 1. The van der Waals surface area contributed by atoms with Gasteiger partial charge in [0, 0.05) is 12.7 Å². The third-order valence-corrected chi connectivity index (χ3v) is 3.84. The lowest BCUT2D eigenvalue weighted by atomic mass is 10.1. The van der Waals surface area contributed by atoms with Crippen molar-refractivity contribution in [2.45, 2.75) is 26.2 Å². The van der Waals surface area contributed by atoms with Crippen LogP contribution < -0.4 is 11.1 Å². The molecule has 2 aromatic rings. The lowest BCUT2D eigenvalue weighted by Crippen LogP contribution is -2.17. The largest absolute Gasteiger partial charge is 0.395 e. The number of carbonyl (C=O) groups excluding carboxylic acids is 1. The molecule has 1 amide bonds. The van der Waals surface area contributed by atoms with E-state index < -0.39 is 0 Å². The molecule has 1 aromatic heterocycles. The molecule has 0 atom stereocenters. The zero-order valence-electron chi connectivity index (χ0n) is 11.7. The van der Waals surface area contributed by atoms with Gasteiger partial charge in [-0.1, -0.05) is 6.07 Å². The number of aryl methyl sites for hydroxylation is 4. The van der Waals surface area contributed by atoms with Gasteiger partial charge in [0.1, 0.15) is 5.69 Å². The minimum atomic E-state index is -0.219. The van der Waals surface area contributed by atoms with Gasteiger partial charge < -0.3 is 11.1 Å². The second-order valence-corrected chi connectivity index (χ2v) is 5.26. The lowest BCUT2D eigenvalue weighted by Gasteiger charge is -2.08. The van der Waals surface area contributed by atoms with Crippen molar-refractivity contribution in [3.63, 3.8) is 0 Å². The van der Waals surface area contributed by atoms with Gasteiger partial charge in [-0.05, 0) is 49.4 Å². The number of anilines is 2. The average Bonchev–Trinajstić information content (AvgIpc) is 2.94. The Morgan fingerprint density at radius 1 is 1.35 bits per heavy atom. The number of benzene rings is 1. The highest BCUT2D eigenvalue weighted by Crippen LogP contribution is 2.25. The molecule has 5 heteroatoms. The number of hydrogen-bond acceptors (Lipinski definition) is 3. The fourth-order valence-corrected chi connectivity index (χ4v) is 2.78. The molecule has 0 aliphatic heterocycles. The van der Waals surface area contributed by atoms with Crippen molar-refractivity contribution in [3.05, 3.63) is 40.7 Å².